The molecule has 1 heterocycles. The standard InChI is InChI=1S/C8H17O4PS2/c1-3-11-13(10,12-4-2)8-14-6-7(5-9)15-8/h7-9H,3-6H2,1-2H3. The van der Waals surface area contributed by atoms with E-state index >= 15 is 0 Å². The molecule has 1 rings (SSSR count). The van der Waals surface area contributed by atoms with Crippen molar-refractivity contribution >= 4 is 31.1 Å². The Bertz CT molecular complexity index is 229. The van der Waals surface area contributed by atoms with Gasteiger partial charge >= 0.3 is 7.60 Å². The van der Waals surface area contributed by atoms with E-state index in [1.807, 2.05) is 0 Å². The Hall–Kier alpha value is 0.810. The molecule has 1 aliphatic rings. The second kappa shape index (κ2) is 6.52. The zero-order valence-corrected chi connectivity index (χ0v) is 11.4. The molecule has 7 heteroatoms. The fourth-order valence-corrected chi connectivity index (χ4v) is 7.55. The number of hydrogen-bond donors (Lipinski definition) is 1. The number of thioether (sulfide) groups is 2. The van der Waals surface area contributed by atoms with Crippen LogP contribution < -0.4 is 0 Å². The summed E-state index contributed by atoms with van der Waals surface area (Å²) >= 11 is 3.05. The van der Waals surface area contributed by atoms with Crippen LogP contribution in [0.5, 0.6) is 0 Å². The van der Waals surface area contributed by atoms with Crippen LogP contribution >= 0.6 is 31.1 Å². The maximum Gasteiger partial charge on any atom is 0.353 e. The molecule has 90 valence electrons. The molecule has 0 aromatic carbocycles. The predicted molar refractivity (Wildman–Crippen MR) is 65.6 cm³/mol. The SMILES string of the molecule is CCOP(=O)(OCC)C1SCC(CO)S1. The Balaban J connectivity index is 2.61. The van der Waals surface area contributed by atoms with Crippen LogP contribution in [-0.2, 0) is 13.6 Å². The van der Waals surface area contributed by atoms with E-state index in [4.69, 9.17) is 14.2 Å². The quantitative estimate of drug-likeness (QED) is 0.749. The number of aliphatic hydroxyl groups excluding tert-OH is 1. The zero-order chi connectivity index (χ0) is 11.3. The van der Waals surface area contributed by atoms with E-state index in [9.17, 15) is 4.57 Å². The van der Waals surface area contributed by atoms with E-state index in [2.05, 4.69) is 0 Å². The highest BCUT2D eigenvalue weighted by molar-refractivity contribution is 8.26. The van der Waals surface area contributed by atoms with Crippen molar-refractivity contribution < 1.29 is 18.7 Å². The lowest BCUT2D eigenvalue weighted by Gasteiger charge is -2.21. The van der Waals surface area contributed by atoms with Crippen molar-refractivity contribution in [1.82, 2.24) is 0 Å². The predicted octanol–water partition coefficient (Wildman–Crippen LogP) is 2.38. The van der Waals surface area contributed by atoms with Gasteiger partial charge in [0.2, 0.25) is 0 Å². The Morgan fingerprint density at radius 2 is 2.00 bits per heavy atom. The summed E-state index contributed by atoms with van der Waals surface area (Å²) in [6.07, 6.45) is 0. The molecular formula is C8H17O4PS2. The van der Waals surface area contributed by atoms with Crippen molar-refractivity contribution in [3.8, 4) is 0 Å². The first-order chi connectivity index (χ1) is 7.16. The molecule has 1 saturated heterocycles. The van der Waals surface area contributed by atoms with Gasteiger partial charge in [-0.3, -0.25) is 4.57 Å². The molecule has 2 unspecified atom stereocenters. The number of hydrogen-bond acceptors (Lipinski definition) is 6. The van der Waals surface area contributed by atoms with E-state index < -0.39 is 7.60 Å². The molecule has 2 atom stereocenters. The normalized spacial score (nSPS) is 27.1. The van der Waals surface area contributed by atoms with Gasteiger partial charge in [0.05, 0.1) is 19.8 Å². The topological polar surface area (TPSA) is 55.8 Å². The van der Waals surface area contributed by atoms with Crippen molar-refractivity contribution in [3.63, 3.8) is 0 Å². The van der Waals surface area contributed by atoms with Crippen LogP contribution in [0.3, 0.4) is 0 Å². The van der Waals surface area contributed by atoms with Crippen molar-refractivity contribution in [2.24, 2.45) is 0 Å². The van der Waals surface area contributed by atoms with Crippen LogP contribution in [0.25, 0.3) is 0 Å². The number of rotatable bonds is 6. The minimum Gasteiger partial charge on any atom is -0.395 e. The van der Waals surface area contributed by atoms with Crippen LogP contribution in [-0.4, -0.2) is 40.3 Å². The maximum atomic E-state index is 12.3. The van der Waals surface area contributed by atoms with Crippen LogP contribution in [0.1, 0.15) is 13.8 Å². The third kappa shape index (κ3) is 3.65. The smallest absolute Gasteiger partial charge is 0.353 e. The van der Waals surface area contributed by atoms with Gasteiger partial charge < -0.3 is 14.2 Å². The Labute approximate surface area is 99.0 Å². The first kappa shape index (κ1) is 13.9. The highest BCUT2D eigenvalue weighted by Gasteiger charge is 2.42. The molecule has 1 fully saturated rings. The van der Waals surface area contributed by atoms with Gasteiger partial charge in [0.1, 0.15) is 0 Å². The van der Waals surface area contributed by atoms with Crippen molar-refractivity contribution in [2.75, 3.05) is 25.6 Å². The average molecular weight is 272 g/mol. The second-order valence-corrected chi connectivity index (χ2v) is 8.61. The van der Waals surface area contributed by atoms with Crippen LogP contribution in [0.15, 0.2) is 0 Å². The third-order valence-corrected chi connectivity index (χ3v) is 8.69. The van der Waals surface area contributed by atoms with Gasteiger partial charge in [0, 0.05) is 11.0 Å². The highest BCUT2D eigenvalue weighted by atomic mass is 32.2. The van der Waals surface area contributed by atoms with Gasteiger partial charge in [-0.25, -0.2) is 0 Å². The summed E-state index contributed by atoms with van der Waals surface area (Å²) in [5.41, 5.74) is 0. The monoisotopic (exact) mass is 272 g/mol. The molecule has 0 amide bonds. The third-order valence-electron chi connectivity index (χ3n) is 1.81. The Kier molecular flexibility index (Phi) is 6.03. The minimum atomic E-state index is -3.00. The largest absolute Gasteiger partial charge is 0.395 e. The van der Waals surface area contributed by atoms with E-state index in [-0.39, 0.29) is 16.2 Å². The molecule has 1 aliphatic heterocycles. The first-order valence-corrected chi connectivity index (χ1v) is 8.53. The second-order valence-electron chi connectivity index (χ2n) is 2.96. The summed E-state index contributed by atoms with van der Waals surface area (Å²) in [5, 5.41) is 9.15. The van der Waals surface area contributed by atoms with Gasteiger partial charge in [0.25, 0.3) is 0 Å². The molecule has 15 heavy (non-hydrogen) atoms. The fourth-order valence-electron chi connectivity index (χ4n) is 1.21. The number of aliphatic hydroxyl groups is 1. The highest BCUT2D eigenvalue weighted by Crippen LogP contribution is 2.64. The summed E-state index contributed by atoms with van der Waals surface area (Å²) in [5.74, 6) is 0.802. The molecule has 0 aliphatic carbocycles. The molecule has 0 spiro atoms. The minimum absolute atomic E-state index is 0.117. The summed E-state index contributed by atoms with van der Waals surface area (Å²) in [6, 6.07) is 0. The zero-order valence-electron chi connectivity index (χ0n) is 8.92. The maximum absolute atomic E-state index is 12.3. The van der Waals surface area contributed by atoms with E-state index in [1.54, 1.807) is 25.6 Å². The van der Waals surface area contributed by atoms with Gasteiger partial charge in [-0.15, -0.1) is 23.5 Å². The van der Waals surface area contributed by atoms with Crippen molar-refractivity contribution in [3.05, 3.63) is 0 Å². The van der Waals surface area contributed by atoms with Crippen LogP contribution in [0.2, 0.25) is 0 Å². The lowest BCUT2D eigenvalue weighted by atomic mass is 10.5. The van der Waals surface area contributed by atoms with Gasteiger partial charge in [-0.1, -0.05) is 0 Å². The molecule has 0 saturated carbocycles. The summed E-state index contributed by atoms with van der Waals surface area (Å²) < 4.78 is 22.6. The van der Waals surface area contributed by atoms with Crippen LogP contribution in [0.4, 0.5) is 0 Å². The molecule has 0 bridgehead atoms. The molecule has 0 radical (unpaired) electrons. The average Bonchev–Trinajstić information content (AvgIpc) is 2.67. The summed E-state index contributed by atoms with van der Waals surface area (Å²) in [6.45, 7) is 4.50. The lowest BCUT2D eigenvalue weighted by molar-refractivity contribution is 0.222. The molecular weight excluding hydrogens is 255 g/mol. The first-order valence-electron chi connectivity index (χ1n) is 4.93. The van der Waals surface area contributed by atoms with E-state index in [0.717, 1.165) is 5.75 Å². The molecule has 0 aromatic rings. The summed E-state index contributed by atoms with van der Waals surface area (Å²) in [7, 11) is -3.00. The lowest BCUT2D eigenvalue weighted by Crippen LogP contribution is -2.08. The molecule has 1 N–H and O–H groups in total. The van der Waals surface area contributed by atoms with Gasteiger partial charge in [-0.2, -0.15) is 0 Å². The summed E-state index contributed by atoms with van der Waals surface area (Å²) in [4.78, 5) is 0. The van der Waals surface area contributed by atoms with Crippen molar-refractivity contribution in [2.45, 2.75) is 23.4 Å². The van der Waals surface area contributed by atoms with Crippen molar-refractivity contribution in [1.29, 1.82) is 0 Å². The molecule has 4 nitrogen and oxygen atoms in total. The molecule has 0 aromatic heterocycles. The van der Waals surface area contributed by atoms with Gasteiger partial charge in [0.15, 0.2) is 4.32 Å². The van der Waals surface area contributed by atoms with Gasteiger partial charge in [-0.05, 0) is 13.8 Å². The fraction of sp³-hybridized carbons (Fsp3) is 1.00. The van der Waals surface area contributed by atoms with E-state index in [0.29, 0.717) is 13.2 Å². The Morgan fingerprint density at radius 1 is 1.40 bits per heavy atom. The van der Waals surface area contributed by atoms with Crippen LogP contribution in [0, 0.1) is 0 Å². The Morgan fingerprint density at radius 3 is 2.40 bits per heavy atom. The van der Waals surface area contributed by atoms with E-state index in [1.165, 1.54) is 11.8 Å².